The van der Waals surface area contributed by atoms with E-state index >= 15 is 0 Å². The molecule has 1 aromatic carbocycles. The number of piperidine rings is 1. The minimum absolute atomic E-state index is 0.136. The lowest BCUT2D eigenvalue weighted by Gasteiger charge is -2.38. The van der Waals surface area contributed by atoms with Gasteiger partial charge < -0.3 is 10.4 Å². The third-order valence-electron chi connectivity index (χ3n) is 4.93. The summed E-state index contributed by atoms with van der Waals surface area (Å²) in [5.41, 5.74) is 1.40. The highest BCUT2D eigenvalue weighted by Crippen LogP contribution is 2.21. The maximum atomic E-state index is 10.1. The summed E-state index contributed by atoms with van der Waals surface area (Å²) in [4.78, 5) is 2.55. The highest BCUT2D eigenvalue weighted by molar-refractivity contribution is 5.14. The fourth-order valence-corrected chi connectivity index (χ4v) is 3.79. The van der Waals surface area contributed by atoms with Crippen molar-refractivity contribution in [3.8, 4) is 0 Å². The van der Waals surface area contributed by atoms with E-state index in [-0.39, 0.29) is 6.10 Å². The second-order valence-electron chi connectivity index (χ2n) is 6.68. The number of hydrogen-bond acceptors (Lipinski definition) is 3. The predicted octanol–water partition coefficient (Wildman–Crippen LogP) is 2.54. The first-order valence-corrected chi connectivity index (χ1v) is 8.51. The molecule has 2 fully saturated rings. The summed E-state index contributed by atoms with van der Waals surface area (Å²) in [5, 5.41) is 13.9. The Morgan fingerprint density at radius 3 is 2.67 bits per heavy atom. The summed E-state index contributed by atoms with van der Waals surface area (Å²) < 4.78 is 0. The highest BCUT2D eigenvalue weighted by atomic mass is 16.3. The van der Waals surface area contributed by atoms with Gasteiger partial charge in [0.1, 0.15) is 0 Å². The van der Waals surface area contributed by atoms with Gasteiger partial charge in [-0.25, -0.2) is 0 Å². The lowest BCUT2D eigenvalue weighted by atomic mass is 9.91. The van der Waals surface area contributed by atoms with Crippen LogP contribution in [0.1, 0.15) is 44.1 Å². The van der Waals surface area contributed by atoms with Crippen LogP contribution in [-0.4, -0.2) is 41.3 Å². The molecule has 1 saturated heterocycles. The molecular formula is C18H28N2O. The van der Waals surface area contributed by atoms with Crippen molar-refractivity contribution < 1.29 is 5.11 Å². The van der Waals surface area contributed by atoms with Crippen molar-refractivity contribution in [2.24, 2.45) is 0 Å². The van der Waals surface area contributed by atoms with E-state index < -0.39 is 0 Å². The molecule has 1 aliphatic carbocycles. The molecule has 2 N–H and O–H groups in total. The van der Waals surface area contributed by atoms with Gasteiger partial charge in [-0.3, -0.25) is 4.90 Å². The SMILES string of the molecule is O[C@H]1CCCC[C@@H]1NC1CCCN(Cc2ccccc2)C1. The molecule has 3 rings (SSSR count). The first kappa shape index (κ1) is 15.0. The lowest BCUT2D eigenvalue weighted by Crippen LogP contribution is -2.52. The molecule has 1 aliphatic heterocycles. The summed E-state index contributed by atoms with van der Waals surface area (Å²) in [6, 6.07) is 11.6. The summed E-state index contributed by atoms with van der Waals surface area (Å²) in [6.07, 6.45) is 6.92. The quantitative estimate of drug-likeness (QED) is 0.894. The number of aliphatic hydroxyl groups is 1. The van der Waals surface area contributed by atoms with Gasteiger partial charge >= 0.3 is 0 Å². The Morgan fingerprint density at radius 1 is 1.05 bits per heavy atom. The van der Waals surface area contributed by atoms with Crippen molar-refractivity contribution in [1.29, 1.82) is 0 Å². The van der Waals surface area contributed by atoms with Crippen molar-refractivity contribution in [2.75, 3.05) is 13.1 Å². The zero-order valence-corrected chi connectivity index (χ0v) is 12.9. The molecule has 1 aromatic rings. The van der Waals surface area contributed by atoms with Gasteiger partial charge in [-0.15, -0.1) is 0 Å². The summed E-state index contributed by atoms with van der Waals surface area (Å²) in [7, 11) is 0. The van der Waals surface area contributed by atoms with Gasteiger partial charge in [-0.1, -0.05) is 43.2 Å². The largest absolute Gasteiger partial charge is 0.392 e. The maximum Gasteiger partial charge on any atom is 0.0693 e. The Balaban J connectivity index is 1.51. The number of benzene rings is 1. The number of likely N-dealkylation sites (tertiary alicyclic amines) is 1. The zero-order valence-electron chi connectivity index (χ0n) is 12.9. The molecule has 3 heteroatoms. The molecule has 0 bridgehead atoms. The average molecular weight is 288 g/mol. The van der Waals surface area contributed by atoms with Crippen LogP contribution in [0, 0.1) is 0 Å². The van der Waals surface area contributed by atoms with Crippen LogP contribution < -0.4 is 5.32 Å². The molecule has 0 spiro atoms. The van der Waals surface area contributed by atoms with E-state index in [0.29, 0.717) is 12.1 Å². The minimum atomic E-state index is -0.136. The number of nitrogens with one attached hydrogen (secondary N) is 1. The second kappa shape index (κ2) is 7.39. The van der Waals surface area contributed by atoms with Gasteiger partial charge in [0.15, 0.2) is 0 Å². The van der Waals surface area contributed by atoms with Crippen LogP contribution in [0.2, 0.25) is 0 Å². The second-order valence-corrected chi connectivity index (χ2v) is 6.68. The topological polar surface area (TPSA) is 35.5 Å². The van der Waals surface area contributed by atoms with E-state index in [0.717, 1.165) is 25.9 Å². The zero-order chi connectivity index (χ0) is 14.5. The van der Waals surface area contributed by atoms with Crippen LogP contribution in [0.15, 0.2) is 30.3 Å². The molecule has 21 heavy (non-hydrogen) atoms. The highest BCUT2D eigenvalue weighted by Gasteiger charge is 2.27. The van der Waals surface area contributed by atoms with E-state index in [4.69, 9.17) is 0 Å². The summed E-state index contributed by atoms with van der Waals surface area (Å²) in [5.74, 6) is 0. The lowest BCUT2D eigenvalue weighted by molar-refractivity contribution is 0.0735. The normalized spacial score (nSPS) is 31.2. The van der Waals surface area contributed by atoms with Crippen molar-refractivity contribution in [3.05, 3.63) is 35.9 Å². The Labute approximate surface area is 128 Å². The minimum Gasteiger partial charge on any atom is -0.392 e. The number of rotatable bonds is 4. The Morgan fingerprint density at radius 2 is 1.86 bits per heavy atom. The van der Waals surface area contributed by atoms with Crippen LogP contribution in [0.5, 0.6) is 0 Å². The third-order valence-corrected chi connectivity index (χ3v) is 4.93. The monoisotopic (exact) mass is 288 g/mol. The van der Waals surface area contributed by atoms with E-state index in [1.165, 1.54) is 37.8 Å². The van der Waals surface area contributed by atoms with Gasteiger partial charge in [-0.2, -0.15) is 0 Å². The average Bonchev–Trinajstić information content (AvgIpc) is 2.51. The molecule has 1 saturated carbocycles. The molecule has 2 aliphatic rings. The van der Waals surface area contributed by atoms with Crippen molar-refractivity contribution >= 4 is 0 Å². The van der Waals surface area contributed by atoms with Crippen molar-refractivity contribution in [3.63, 3.8) is 0 Å². The van der Waals surface area contributed by atoms with Crippen LogP contribution in [-0.2, 0) is 6.54 Å². The predicted molar refractivity (Wildman–Crippen MR) is 86.1 cm³/mol. The first-order chi connectivity index (χ1) is 10.3. The number of hydrogen-bond donors (Lipinski definition) is 2. The van der Waals surface area contributed by atoms with E-state index in [1.54, 1.807) is 0 Å². The Bertz CT molecular complexity index is 422. The van der Waals surface area contributed by atoms with Crippen LogP contribution in [0.4, 0.5) is 0 Å². The molecule has 0 radical (unpaired) electrons. The fraction of sp³-hybridized carbons (Fsp3) is 0.667. The van der Waals surface area contributed by atoms with Crippen molar-refractivity contribution in [1.82, 2.24) is 10.2 Å². The van der Waals surface area contributed by atoms with E-state index in [2.05, 4.69) is 40.5 Å². The van der Waals surface area contributed by atoms with Gasteiger partial charge in [-0.05, 0) is 37.8 Å². The molecule has 1 unspecified atom stereocenters. The molecule has 1 heterocycles. The van der Waals surface area contributed by atoms with Crippen LogP contribution >= 0.6 is 0 Å². The fourth-order valence-electron chi connectivity index (χ4n) is 3.79. The molecule has 0 amide bonds. The standard InChI is InChI=1S/C18H28N2O/c21-18-11-5-4-10-17(18)19-16-9-6-12-20(14-16)13-15-7-2-1-3-8-15/h1-3,7-8,16-19,21H,4-6,9-14H2/t16?,17-,18-/m0/s1. The summed E-state index contributed by atoms with van der Waals surface area (Å²) >= 11 is 0. The van der Waals surface area contributed by atoms with Gasteiger partial charge in [0.2, 0.25) is 0 Å². The van der Waals surface area contributed by atoms with Gasteiger partial charge in [0.05, 0.1) is 6.10 Å². The van der Waals surface area contributed by atoms with Gasteiger partial charge in [0, 0.05) is 25.2 Å². The molecule has 116 valence electrons. The van der Waals surface area contributed by atoms with E-state index in [1.807, 2.05) is 0 Å². The molecular weight excluding hydrogens is 260 g/mol. The smallest absolute Gasteiger partial charge is 0.0693 e. The molecule has 3 atom stereocenters. The van der Waals surface area contributed by atoms with Crippen LogP contribution in [0.25, 0.3) is 0 Å². The number of aliphatic hydroxyl groups excluding tert-OH is 1. The Hall–Kier alpha value is -0.900. The van der Waals surface area contributed by atoms with Crippen molar-refractivity contribution in [2.45, 2.75) is 63.3 Å². The van der Waals surface area contributed by atoms with Gasteiger partial charge in [0.25, 0.3) is 0 Å². The maximum absolute atomic E-state index is 10.1. The molecule has 3 nitrogen and oxygen atoms in total. The molecule has 0 aromatic heterocycles. The summed E-state index contributed by atoms with van der Waals surface area (Å²) in [6.45, 7) is 3.35. The Kier molecular flexibility index (Phi) is 5.28. The first-order valence-electron chi connectivity index (χ1n) is 8.51. The van der Waals surface area contributed by atoms with E-state index in [9.17, 15) is 5.11 Å². The number of nitrogens with zero attached hydrogens (tertiary/aromatic N) is 1. The third kappa shape index (κ3) is 4.29. The van der Waals surface area contributed by atoms with Crippen LogP contribution in [0.3, 0.4) is 0 Å².